The van der Waals surface area contributed by atoms with Crippen molar-refractivity contribution in [1.29, 1.82) is 0 Å². The second kappa shape index (κ2) is 6.15. The number of nitrogens with zero attached hydrogens (tertiary/aromatic N) is 1. The average molecular weight is 267 g/mol. The maximum Gasteiger partial charge on any atom is 0.109 e. The average Bonchev–Trinajstić information content (AvgIpc) is 2.86. The maximum absolute atomic E-state index is 6.12. The number of hydrogen-bond donors (Lipinski definition) is 1. The van der Waals surface area contributed by atoms with Gasteiger partial charge in [-0.1, -0.05) is 36.7 Å². The molecule has 2 rings (SSSR count). The van der Waals surface area contributed by atoms with Crippen molar-refractivity contribution in [2.24, 2.45) is 0 Å². The molecule has 0 saturated heterocycles. The lowest BCUT2D eigenvalue weighted by Crippen LogP contribution is -2.20. The van der Waals surface area contributed by atoms with Crippen LogP contribution in [0.25, 0.3) is 0 Å². The van der Waals surface area contributed by atoms with Crippen LogP contribution in [0.2, 0.25) is 5.02 Å². The Bertz CT molecular complexity index is 456. The van der Waals surface area contributed by atoms with Crippen LogP contribution in [0.15, 0.2) is 35.8 Å². The minimum Gasteiger partial charge on any atom is -0.304 e. The molecule has 0 aliphatic rings. The van der Waals surface area contributed by atoms with Crippen LogP contribution >= 0.6 is 22.9 Å². The van der Waals surface area contributed by atoms with E-state index in [-0.39, 0.29) is 0 Å². The fourth-order valence-electron chi connectivity index (χ4n) is 1.69. The quantitative estimate of drug-likeness (QED) is 0.884. The van der Waals surface area contributed by atoms with E-state index >= 15 is 0 Å². The number of nitrogens with one attached hydrogen (secondary N) is 1. The highest BCUT2D eigenvalue weighted by atomic mass is 35.5. The van der Waals surface area contributed by atoms with Crippen molar-refractivity contribution in [3.63, 3.8) is 0 Å². The van der Waals surface area contributed by atoms with Crippen LogP contribution in [0.5, 0.6) is 0 Å². The Morgan fingerprint density at radius 1 is 1.41 bits per heavy atom. The highest BCUT2D eigenvalue weighted by Gasteiger charge is 2.11. The minimum atomic E-state index is 0.311. The molecular weight excluding hydrogens is 252 g/mol. The molecule has 1 aromatic carbocycles. The molecule has 4 heteroatoms. The summed E-state index contributed by atoms with van der Waals surface area (Å²) in [5.41, 5.74) is 1.13. The normalized spacial score (nSPS) is 12.6. The summed E-state index contributed by atoms with van der Waals surface area (Å²) in [5.74, 6) is 0. The SMILES string of the molecule is CCC(NCc1ccccc1Cl)c1nccs1. The summed E-state index contributed by atoms with van der Waals surface area (Å²) in [5, 5.41) is 7.45. The van der Waals surface area contributed by atoms with Crippen LogP contribution in [-0.4, -0.2) is 4.98 Å². The van der Waals surface area contributed by atoms with Gasteiger partial charge < -0.3 is 5.32 Å². The second-order valence-corrected chi connectivity index (χ2v) is 5.14. The van der Waals surface area contributed by atoms with Crippen LogP contribution in [0.1, 0.15) is 30.0 Å². The summed E-state index contributed by atoms with van der Waals surface area (Å²) in [6.45, 7) is 2.93. The number of halogens is 1. The third-order valence-electron chi connectivity index (χ3n) is 2.65. The number of benzene rings is 1. The van der Waals surface area contributed by atoms with E-state index < -0.39 is 0 Å². The molecule has 2 aromatic rings. The topological polar surface area (TPSA) is 24.9 Å². The van der Waals surface area contributed by atoms with E-state index in [1.54, 1.807) is 11.3 Å². The first kappa shape index (κ1) is 12.6. The van der Waals surface area contributed by atoms with E-state index in [2.05, 4.69) is 17.2 Å². The monoisotopic (exact) mass is 266 g/mol. The molecule has 0 bridgehead atoms. The fourth-order valence-corrected chi connectivity index (χ4v) is 2.69. The molecule has 1 unspecified atom stereocenters. The van der Waals surface area contributed by atoms with Crippen molar-refractivity contribution < 1.29 is 0 Å². The Balaban J connectivity index is 2.00. The zero-order valence-corrected chi connectivity index (χ0v) is 11.3. The van der Waals surface area contributed by atoms with E-state index in [9.17, 15) is 0 Å². The van der Waals surface area contributed by atoms with Gasteiger partial charge in [0.2, 0.25) is 0 Å². The summed E-state index contributed by atoms with van der Waals surface area (Å²) >= 11 is 7.81. The van der Waals surface area contributed by atoms with Gasteiger partial charge in [-0.3, -0.25) is 0 Å². The minimum absolute atomic E-state index is 0.311. The molecule has 0 radical (unpaired) electrons. The Hall–Kier alpha value is -0.900. The molecule has 0 amide bonds. The molecule has 0 saturated carbocycles. The number of aromatic nitrogens is 1. The summed E-state index contributed by atoms with van der Waals surface area (Å²) in [7, 11) is 0. The van der Waals surface area contributed by atoms with E-state index in [0.717, 1.165) is 28.6 Å². The molecular formula is C13H15ClN2S. The Kier molecular flexibility index (Phi) is 4.54. The lowest BCUT2D eigenvalue weighted by Gasteiger charge is -2.14. The van der Waals surface area contributed by atoms with Gasteiger partial charge in [-0.2, -0.15) is 0 Å². The molecule has 0 spiro atoms. The van der Waals surface area contributed by atoms with Crippen molar-refractivity contribution in [3.8, 4) is 0 Å². The van der Waals surface area contributed by atoms with Crippen LogP contribution in [0.3, 0.4) is 0 Å². The number of rotatable bonds is 5. The highest BCUT2D eigenvalue weighted by Crippen LogP contribution is 2.21. The largest absolute Gasteiger partial charge is 0.304 e. The maximum atomic E-state index is 6.12. The zero-order chi connectivity index (χ0) is 12.1. The molecule has 17 heavy (non-hydrogen) atoms. The van der Waals surface area contributed by atoms with Crippen LogP contribution in [-0.2, 0) is 6.54 Å². The first-order valence-electron chi connectivity index (χ1n) is 5.67. The van der Waals surface area contributed by atoms with Gasteiger partial charge in [-0.05, 0) is 18.1 Å². The van der Waals surface area contributed by atoms with E-state index in [1.165, 1.54) is 0 Å². The molecule has 90 valence electrons. The van der Waals surface area contributed by atoms with Crippen LogP contribution in [0, 0.1) is 0 Å². The molecule has 0 fully saturated rings. The fraction of sp³-hybridized carbons (Fsp3) is 0.308. The van der Waals surface area contributed by atoms with Crippen molar-refractivity contribution in [2.45, 2.75) is 25.9 Å². The predicted octanol–water partition coefficient (Wildman–Crippen LogP) is 4.04. The standard InChI is InChI=1S/C13H15ClN2S/c1-2-12(13-15-7-8-17-13)16-9-10-5-3-4-6-11(10)14/h3-8,12,16H,2,9H2,1H3. The van der Waals surface area contributed by atoms with Gasteiger partial charge in [-0.15, -0.1) is 11.3 Å². The lowest BCUT2D eigenvalue weighted by atomic mass is 10.2. The smallest absolute Gasteiger partial charge is 0.109 e. The van der Waals surface area contributed by atoms with Gasteiger partial charge in [-0.25, -0.2) is 4.98 Å². The summed E-state index contributed by atoms with van der Waals surface area (Å²) < 4.78 is 0. The second-order valence-electron chi connectivity index (χ2n) is 3.80. The molecule has 0 aliphatic heterocycles. The third-order valence-corrected chi connectivity index (χ3v) is 3.91. The van der Waals surface area contributed by atoms with E-state index in [0.29, 0.717) is 6.04 Å². The van der Waals surface area contributed by atoms with Gasteiger partial charge >= 0.3 is 0 Å². The summed E-state index contributed by atoms with van der Waals surface area (Å²) in [6, 6.07) is 8.23. The Morgan fingerprint density at radius 2 is 2.24 bits per heavy atom. The number of thiazole rings is 1. The van der Waals surface area contributed by atoms with Gasteiger partial charge in [0.25, 0.3) is 0 Å². The van der Waals surface area contributed by atoms with Gasteiger partial charge in [0.15, 0.2) is 0 Å². The molecule has 1 N–H and O–H groups in total. The summed E-state index contributed by atoms with van der Waals surface area (Å²) in [6.07, 6.45) is 2.87. The molecule has 1 aromatic heterocycles. The number of hydrogen-bond acceptors (Lipinski definition) is 3. The lowest BCUT2D eigenvalue weighted by molar-refractivity contribution is 0.517. The van der Waals surface area contributed by atoms with Crippen molar-refractivity contribution in [2.75, 3.05) is 0 Å². The van der Waals surface area contributed by atoms with Gasteiger partial charge in [0.05, 0.1) is 6.04 Å². The first-order valence-corrected chi connectivity index (χ1v) is 6.93. The highest BCUT2D eigenvalue weighted by molar-refractivity contribution is 7.09. The van der Waals surface area contributed by atoms with E-state index in [1.807, 2.05) is 35.8 Å². The van der Waals surface area contributed by atoms with Gasteiger partial charge in [0, 0.05) is 23.1 Å². The zero-order valence-electron chi connectivity index (χ0n) is 9.69. The molecule has 0 aliphatic carbocycles. The van der Waals surface area contributed by atoms with Crippen LogP contribution in [0.4, 0.5) is 0 Å². The summed E-state index contributed by atoms with van der Waals surface area (Å²) in [4.78, 5) is 4.35. The van der Waals surface area contributed by atoms with Crippen molar-refractivity contribution in [3.05, 3.63) is 51.4 Å². The molecule has 2 nitrogen and oxygen atoms in total. The van der Waals surface area contributed by atoms with Gasteiger partial charge in [0.1, 0.15) is 5.01 Å². The molecule has 1 heterocycles. The van der Waals surface area contributed by atoms with E-state index in [4.69, 9.17) is 11.6 Å². The Labute approximate surface area is 111 Å². The predicted molar refractivity (Wildman–Crippen MR) is 73.4 cm³/mol. The third kappa shape index (κ3) is 3.28. The molecule has 1 atom stereocenters. The van der Waals surface area contributed by atoms with Crippen molar-refractivity contribution >= 4 is 22.9 Å². The van der Waals surface area contributed by atoms with Crippen molar-refractivity contribution in [1.82, 2.24) is 10.3 Å². The first-order chi connectivity index (χ1) is 8.31. The Morgan fingerprint density at radius 3 is 2.88 bits per heavy atom. The van der Waals surface area contributed by atoms with Crippen LogP contribution < -0.4 is 5.32 Å².